The van der Waals surface area contributed by atoms with Gasteiger partial charge in [-0.3, -0.25) is 0 Å². The first kappa shape index (κ1) is 22.7. The minimum absolute atomic E-state index is 0.299. The highest BCUT2D eigenvalue weighted by atomic mass is 16.5. The van der Waals surface area contributed by atoms with E-state index in [2.05, 4.69) is 29.2 Å². The summed E-state index contributed by atoms with van der Waals surface area (Å²) in [5.74, 6) is 0.588. The number of aryl methyl sites for hydroxylation is 1. The Morgan fingerprint density at radius 1 is 1.00 bits per heavy atom. The van der Waals surface area contributed by atoms with E-state index in [0.29, 0.717) is 5.56 Å². The Kier molecular flexibility index (Phi) is 7.00. The fraction of sp³-hybridized carbons (Fsp3) is 0.414. The van der Waals surface area contributed by atoms with Crippen LogP contribution in [0.3, 0.4) is 0 Å². The molecule has 0 amide bonds. The molecule has 0 radical (unpaired) electrons. The molecule has 0 spiro atoms. The highest BCUT2D eigenvalue weighted by Gasteiger charge is 2.26. The summed E-state index contributed by atoms with van der Waals surface area (Å²) >= 11 is 0. The van der Waals surface area contributed by atoms with Crippen LogP contribution in [0.25, 0.3) is 11.1 Å². The van der Waals surface area contributed by atoms with Gasteiger partial charge in [-0.2, -0.15) is 0 Å². The summed E-state index contributed by atoms with van der Waals surface area (Å²) in [5, 5.41) is 0. The third-order valence-corrected chi connectivity index (χ3v) is 7.05. The molecule has 5 heteroatoms. The fourth-order valence-electron chi connectivity index (χ4n) is 5.31. The molecular weight excluding hydrogens is 422 g/mol. The van der Waals surface area contributed by atoms with Crippen molar-refractivity contribution in [3.63, 3.8) is 0 Å². The van der Waals surface area contributed by atoms with Gasteiger partial charge in [-0.25, -0.2) is 14.8 Å². The number of fused-ring (bicyclic) bond motifs is 3. The number of carbonyl (C=O) groups is 1. The molecule has 1 saturated heterocycles. The van der Waals surface area contributed by atoms with E-state index in [0.717, 1.165) is 48.5 Å². The van der Waals surface area contributed by atoms with Gasteiger partial charge in [0, 0.05) is 18.4 Å². The molecule has 2 heterocycles. The first-order valence-electron chi connectivity index (χ1n) is 12.6. The molecule has 3 aromatic rings. The number of piperidine rings is 1. The van der Waals surface area contributed by atoms with Gasteiger partial charge in [0.05, 0.1) is 24.1 Å². The fourth-order valence-corrected chi connectivity index (χ4v) is 5.31. The topological polar surface area (TPSA) is 55.3 Å². The van der Waals surface area contributed by atoms with Gasteiger partial charge in [0.2, 0.25) is 0 Å². The Balaban J connectivity index is 1.39. The van der Waals surface area contributed by atoms with Crippen molar-refractivity contribution in [2.24, 2.45) is 0 Å². The van der Waals surface area contributed by atoms with Gasteiger partial charge in [0.25, 0.3) is 0 Å². The lowest BCUT2D eigenvalue weighted by Crippen LogP contribution is -2.30. The Labute approximate surface area is 202 Å². The van der Waals surface area contributed by atoms with Gasteiger partial charge in [0.1, 0.15) is 5.82 Å². The van der Waals surface area contributed by atoms with Gasteiger partial charge in [-0.15, -0.1) is 0 Å². The molecule has 1 aliphatic carbocycles. The average molecular weight is 456 g/mol. The Morgan fingerprint density at radius 2 is 1.82 bits per heavy atom. The quantitative estimate of drug-likeness (QED) is 0.269. The number of ether oxygens (including phenoxy) is 1. The van der Waals surface area contributed by atoms with E-state index in [1.165, 1.54) is 69.1 Å². The highest BCUT2D eigenvalue weighted by molar-refractivity contribution is 5.91. The molecule has 1 fully saturated rings. The van der Waals surface area contributed by atoms with Crippen molar-refractivity contribution in [1.29, 1.82) is 0 Å². The molecule has 0 bridgehead atoms. The molecule has 1 aliphatic heterocycles. The summed E-state index contributed by atoms with van der Waals surface area (Å²) in [4.78, 5) is 24.7. The highest BCUT2D eigenvalue weighted by Crippen LogP contribution is 2.38. The first-order chi connectivity index (χ1) is 16.7. The number of hydrogen-bond acceptors (Lipinski definition) is 5. The van der Waals surface area contributed by atoms with Crippen molar-refractivity contribution < 1.29 is 9.53 Å². The van der Waals surface area contributed by atoms with Crippen LogP contribution in [0.5, 0.6) is 0 Å². The molecule has 0 atom stereocenters. The Morgan fingerprint density at radius 3 is 2.62 bits per heavy atom. The monoisotopic (exact) mass is 455 g/mol. The van der Waals surface area contributed by atoms with Gasteiger partial charge in [0.15, 0.2) is 0 Å². The number of carbonyl (C=O) groups excluding carboxylic acids is 1. The van der Waals surface area contributed by atoms with E-state index in [1.807, 2.05) is 24.3 Å². The molecule has 34 heavy (non-hydrogen) atoms. The van der Waals surface area contributed by atoms with E-state index >= 15 is 0 Å². The van der Waals surface area contributed by atoms with E-state index in [1.54, 1.807) is 0 Å². The molecule has 5 rings (SSSR count). The molecule has 0 saturated carbocycles. The molecule has 2 aromatic carbocycles. The van der Waals surface area contributed by atoms with Crippen molar-refractivity contribution in [1.82, 2.24) is 14.9 Å². The normalized spacial score (nSPS) is 15.1. The molecular formula is C29H33N3O2. The summed E-state index contributed by atoms with van der Waals surface area (Å²) in [5.41, 5.74) is 7.54. The maximum Gasteiger partial charge on any atom is 0.337 e. The van der Waals surface area contributed by atoms with E-state index in [9.17, 15) is 4.79 Å². The molecule has 176 valence electrons. The zero-order valence-electron chi connectivity index (χ0n) is 20.1. The second kappa shape index (κ2) is 10.5. The van der Waals surface area contributed by atoms with Crippen molar-refractivity contribution in [3.8, 4) is 11.1 Å². The molecule has 0 unspecified atom stereocenters. The van der Waals surface area contributed by atoms with Crippen LogP contribution in [0.1, 0.15) is 70.8 Å². The SMILES string of the molecule is COC(=O)c1ccc2c(c1)Cc1nc(Cc3ccccc3)nc(CCCCN3CCCCC3)c1-2. The van der Waals surface area contributed by atoms with Crippen LogP contribution in [-0.4, -0.2) is 47.6 Å². The number of methoxy groups -OCH3 is 1. The third-order valence-electron chi connectivity index (χ3n) is 7.05. The van der Waals surface area contributed by atoms with Crippen LogP contribution in [0.2, 0.25) is 0 Å². The minimum Gasteiger partial charge on any atom is -0.465 e. The number of likely N-dealkylation sites (tertiary alicyclic amines) is 1. The van der Waals surface area contributed by atoms with E-state index in [-0.39, 0.29) is 5.97 Å². The minimum atomic E-state index is -0.299. The van der Waals surface area contributed by atoms with Gasteiger partial charge >= 0.3 is 5.97 Å². The zero-order chi connectivity index (χ0) is 23.3. The van der Waals surface area contributed by atoms with Crippen molar-refractivity contribution in [2.45, 2.75) is 51.4 Å². The van der Waals surface area contributed by atoms with Crippen LogP contribution >= 0.6 is 0 Å². The smallest absolute Gasteiger partial charge is 0.337 e. The van der Waals surface area contributed by atoms with Gasteiger partial charge in [-0.05, 0) is 80.6 Å². The maximum atomic E-state index is 12.1. The second-order valence-electron chi connectivity index (χ2n) is 9.47. The largest absolute Gasteiger partial charge is 0.465 e. The third kappa shape index (κ3) is 5.05. The number of rotatable bonds is 8. The van der Waals surface area contributed by atoms with Crippen LogP contribution in [0, 0.1) is 0 Å². The summed E-state index contributed by atoms with van der Waals surface area (Å²) in [6, 6.07) is 16.3. The van der Waals surface area contributed by atoms with Gasteiger partial charge in [-0.1, -0.05) is 42.8 Å². The summed E-state index contributed by atoms with van der Waals surface area (Å²) in [7, 11) is 1.42. The molecule has 1 aromatic heterocycles. The maximum absolute atomic E-state index is 12.1. The number of hydrogen-bond donors (Lipinski definition) is 0. The lowest BCUT2D eigenvalue weighted by Gasteiger charge is -2.26. The predicted octanol–water partition coefficient (Wildman–Crippen LogP) is 5.23. The number of esters is 1. The summed E-state index contributed by atoms with van der Waals surface area (Å²) in [6.07, 6.45) is 8.81. The van der Waals surface area contributed by atoms with Crippen molar-refractivity contribution in [3.05, 3.63) is 82.4 Å². The molecule has 0 N–H and O–H groups in total. The Hall–Kier alpha value is -3.05. The Bertz CT molecular complexity index is 1150. The van der Waals surface area contributed by atoms with Crippen molar-refractivity contribution in [2.75, 3.05) is 26.7 Å². The predicted molar refractivity (Wildman–Crippen MR) is 134 cm³/mol. The van der Waals surface area contributed by atoms with E-state index in [4.69, 9.17) is 14.7 Å². The number of benzene rings is 2. The lowest BCUT2D eigenvalue weighted by atomic mass is 10.00. The second-order valence-corrected chi connectivity index (χ2v) is 9.47. The van der Waals surface area contributed by atoms with Crippen LogP contribution in [-0.2, 0) is 24.0 Å². The van der Waals surface area contributed by atoms with Crippen LogP contribution in [0.4, 0.5) is 0 Å². The van der Waals surface area contributed by atoms with E-state index < -0.39 is 0 Å². The standard InChI is InChI=1S/C29H33N3O2/c1-34-29(33)22-13-14-24-23(19-22)20-26-28(24)25(12-6-9-17-32-15-7-3-8-16-32)30-27(31-26)18-21-10-4-2-5-11-21/h2,4-5,10-11,13-14,19H,3,6-9,12,15-18,20H2,1H3. The molecule has 2 aliphatic rings. The summed E-state index contributed by atoms with van der Waals surface area (Å²) < 4.78 is 4.93. The van der Waals surface area contributed by atoms with Crippen LogP contribution in [0.15, 0.2) is 48.5 Å². The number of nitrogens with zero attached hydrogens (tertiary/aromatic N) is 3. The molecule has 5 nitrogen and oxygen atoms in total. The number of unbranched alkanes of at least 4 members (excludes halogenated alkanes) is 1. The van der Waals surface area contributed by atoms with Crippen molar-refractivity contribution >= 4 is 5.97 Å². The lowest BCUT2D eigenvalue weighted by molar-refractivity contribution is 0.0600. The average Bonchev–Trinajstić information content (AvgIpc) is 3.25. The van der Waals surface area contributed by atoms with Crippen LogP contribution < -0.4 is 0 Å². The van der Waals surface area contributed by atoms with Gasteiger partial charge < -0.3 is 9.64 Å². The summed E-state index contributed by atoms with van der Waals surface area (Å²) in [6.45, 7) is 3.68. The number of aromatic nitrogens is 2. The zero-order valence-corrected chi connectivity index (χ0v) is 20.1. The first-order valence-corrected chi connectivity index (χ1v) is 12.6.